The van der Waals surface area contributed by atoms with Crippen LogP contribution in [-0.4, -0.2) is 33.0 Å². The SMILES string of the molecule is CCOc1ccccc1NC(=O)CSc1nnc(-c2ccc(Br)o2)n1C(C)C. The molecular formula is C19H21BrN4O3S. The van der Waals surface area contributed by atoms with E-state index in [0.29, 0.717) is 39.5 Å². The number of carbonyl (C=O) groups is 1. The number of ether oxygens (including phenoxy) is 1. The van der Waals surface area contributed by atoms with Gasteiger partial charge in [-0.05, 0) is 61.0 Å². The first-order chi connectivity index (χ1) is 13.5. The molecule has 3 aromatic rings. The normalized spacial score (nSPS) is 11.0. The number of hydrogen-bond donors (Lipinski definition) is 1. The van der Waals surface area contributed by atoms with Crippen molar-refractivity contribution in [1.82, 2.24) is 14.8 Å². The molecule has 0 aliphatic rings. The molecule has 3 rings (SSSR count). The van der Waals surface area contributed by atoms with Crippen LogP contribution in [0.5, 0.6) is 5.75 Å². The Bertz CT molecular complexity index is 954. The van der Waals surface area contributed by atoms with Crippen molar-refractivity contribution in [2.45, 2.75) is 32.0 Å². The summed E-state index contributed by atoms with van der Waals surface area (Å²) in [6, 6.07) is 11.1. The van der Waals surface area contributed by atoms with Crippen LogP contribution in [0.2, 0.25) is 0 Å². The van der Waals surface area contributed by atoms with Crippen LogP contribution >= 0.6 is 27.7 Å². The molecule has 28 heavy (non-hydrogen) atoms. The molecule has 0 fully saturated rings. The van der Waals surface area contributed by atoms with Gasteiger partial charge in [-0.25, -0.2) is 0 Å². The molecule has 0 bridgehead atoms. The molecule has 0 atom stereocenters. The molecule has 0 spiro atoms. The summed E-state index contributed by atoms with van der Waals surface area (Å²) in [6.45, 7) is 6.51. The van der Waals surface area contributed by atoms with Gasteiger partial charge in [0.05, 0.1) is 18.0 Å². The minimum absolute atomic E-state index is 0.109. The van der Waals surface area contributed by atoms with Crippen molar-refractivity contribution in [2.75, 3.05) is 17.7 Å². The number of nitrogens with zero attached hydrogens (tertiary/aromatic N) is 3. The molecule has 2 heterocycles. The van der Waals surface area contributed by atoms with Crippen LogP contribution in [0.1, 0.15) is 26.8 Å². The van der Waals surface area contributed by atoms with Gasteiger partial charge in [0, 0.05) is 6.04 Å². The van der Waals surface area contributed by atoms with Crippen LogP contribution in [-0.2, 0) is 4.79 Å². The number of para-hydroxylation sites is 2. The standard InChI is InChI=1S/C19H21BrN4O3S/c1-4-26-14-8-6-5-7-13(14)21-17(25)11-28-19-23-22-18(24(19)12(2)3)15-9-10-16(20)27-15/h5-10,12H,4,11H2,1-3H3,(H,21,25). The lowest BCUT2D eigenvalue weighted by atomic mass is 10.3. The molecule has 2 aromatic heterocycles. The summed E-state index contributed by atoms with van der Waals surface area (Å²) in [6.07, 6.45) is 0. The number of halogens is 1. The Morgan fingerprint density at radius 1 is 1.29 bits per heavy atom. The van der Waals surface area contributed by atoms with Gasteiger partial charge in [0.1, 0.15) is 5.75 Å². The molecule has 0 radical (unpaired) electrons. The monoisotopic (exact) mass is 464 g/mol. The quantitative estimate of drug-likeness (QED) is 0.471. The average Bonchev–Trinajstić information content (AvgIpc) is 3.28. The van der Waals surface area contributed by atoms with Crippen LogP contribution < -0.4 is 10.1 Å². The lowest BCUT2D eigenvalue weighted by Crippen LogP contribution is -2.15. The molecule has 7 nitrogen and oxygen atoms in total. The summed E-state index contributed by atoms with van der Waals surface area (Å²) >= 11 is 4.63. The number of anilines is 1. The number of hydrogen-bond acceptors (Lipinski definition) is 6. The van der Waals surface area contributed by atoms with E-state index in [1.165, 1.54) is 11.8 Å². The summed E-state index contributed by atoms with van der Waals surface area (Å²) in [5, 5.41) is 12.0. The Balaban J connectivity index is 1.71. The first kappa shape index (κ1) is 20.5. The molecule has 0 saturated carbocycles. The number of benzene rings is 1. The van der Waals surface area contributed by atoms with Crippen LogP contribution in [0.25, 0.3) is 11.6 Å². The summed E-state index contributed by atoms with van der Waals surface area (Å²) in [5.74, 6) is 1.96. The van der Waals surface area contributed by atoms with E-state index in [9.17, 15) is 4.79 Å². The van der Waals surface area contributed by atoms with E-state index in [0.717, 1.165) is 0 Å². The van der Waals surface area contributed by atoms with Gasteiger partial charge in [-0.3, -0.25) is 9.36 Å². The molecule has 9 heteroatoms. The zero-order valence-corrected chi connectivity index (χ0v) is 18.2. The third kappa shape index (κ3) is 4.77. The third-order valence-electron chi connectivity index (χ3n) is 3.77. The van der Waals surface area contributed by atoms with E-state index in [1.54, 1.807) is 0 Å². The molecule has 1 N–H and O–H groups in total. The van der Waals surface area contributed by atoms with Crippen LogP contribution in [0.3, 0.4) is 0 Å². The van der Waals surface area contributed by atoms with Crippen molar-refractivity contribution in [3.8, 4) is 17.3 Å². The Kier molecular flexibility index (Phi) is 6.79. The molecule has 0 aliphatic heterocycles. The lowest BCUT2D eigenvalue weighted by Gasteiger charge is -2.13. The predicted octanol–water partition coefficient (Wildman–Crippen LogP) is 5.01. The van der Waals surface area contributed by atoms with Crippen molar-refractivity contribution in [3.63, 3.8) is 0 Å². The molecule has 0 aliphatic carbocycles. The number of amides is 1. The molecule has 0 unspecified atom stereocenters. The maximum atomic E-state index is 12.4. The fourth-order valence-corrected chi connectivity index (χ4v) is 3.78. The highest BCUT2D eigenvalue weighted by atomic mass is 79.9. The second-order valence-corrected chi connectivity index (χ2v) is 7.86. The Morgan fingerprint density at radius 2 is 2.07 bits per heavy atom. The smallest absolute Gasteiger partial charge is 0.234 e. The average molecular weight is 465 g/mol. The minimum Gasteiger partial charge on any atom is -0.492 e. The highest BCUT2D eigenvalue weighted by molar-refractivity contribution is 9.10. The predicted molar refractivity (Wildman–Crippen MR) is 113 cm³/mol. The maximum Gasteiger partial charge on any atom is 0.234 e. The minimum atomic E-state index is -0.141. The number of thioether (sulfide) groups is 1. The Hall–Kier alpha value is -2.26. The summed E-state index contributed by atoms with van der Waals surface area (Å²) in [7, 11) is 0. The van der Waals surface area contributed by atoms with Crippen LogP contribution in [0.15, 0.2) is 50.6 Å². The third-order valence-corrected chi connectivity index (χ3v) is 5.14. The largest absolute Gasteiger partial charge is 0.492 e. The van der Waals surface area contributed by atoms with Gasteiger partial charge in [-0.1, -0.05) is 23.9 Å². The van der Waals surface area contributed by atoms with E-state index in [1.807, 2.05) is 61.7 Å². The fraction of sp³-hybridized carbons (Fsp3) is 0.316. The first-order valence-corrected chi connectivity index (χ1v) is 10.6. The van der Waals surface area contributed by atoms with Crippen molar-refractivity contribution in [3.05, 3.63) is 41.1 Å². The Morgan fingerprint density at radius 3 is 2.75 bits per heavy atom. The van der Waals surface area contributed by atoms with Gasteiger partial charge in [-0.2, -0.15) is 0 Å². The first-order valence-electron chi connectivity index (χ1n) is 8.84. The summed E-state index contributed by atoms with van der Waals surface area (Å²) in [5.41, 5.74) is 0.654. The van der Waals surface area contributed by atoms with Crippen molar-refractivity contribution < 1.29 is 13.9 Å². The molecule has 1 amide bonds. The topological polar surface area (TPSA) is 82.2 Å². The number of rotatable bonds is 8. The van der Waals surface area contributed by atoms with Gasteiger partial charge >= 0.3 is 0 Å². The van der Waals surface area contributed by atoms with Crippen LogP contribution in [0, 0.1) is 0 Å². The molecule has 1 aromatic carbocycles. The summed E-state index contributed by atoms with van der Waals surface area (Å²) in [4.78, 5) is 12.4. The van der Waals surface area contributed by atoms with E-state index in [2.05, 4.69) is 31.4 Å². The number of furan rings is 1. The molecule has 148 valence electrons. The van der Waals surface area contributed by atoms with E-state index in [-0.39, 0.29) is 17.7 Å². The van der Waals surface area contributed by atoms with E-state index in [4.69, 9.17) is 9.15 Å². The van der Waals surface area contributed by atoms with Crippen molar-refractivity contribution in [1.29, 1.82) is 0 Å². The Labute approximate surface area is 176 Å². The lowest BCUT2D eigenvalue weighted by molar-refractivity contribution is -0.113. The van der Waals surface area contributed by atoms with Crippen molar-refractivity contribution >= 4 is 39.3 Å². The van der Waals surface area contributed by atoms with Gasteiger partial charge in [-0.15, -0.1) is 10.2 Å². The highest BCUT2D eigenvalue weighted by Gasteiger charge is 2.20. The highest BCUT2D eigenvalue weighted by Crippen LogP contribution is 2.30. The maximum absolute atomic E-state index is 12.4. The number of aromatic nitrogens is 3. The van der Waals surface area contributed by atoms with E-state index < -0.39 is 0 Å². The van der Waals surface area contributed by atoms with Gasteiger partial charge < -0.3 is 14.5 Å². The second-order valence-electron chi connectivity index (χ2n) is 6.14. The zero-order chi connectivity index (χ0) is 20.1. The van der Waals surface area contributed by atoms with Gasteiger partial charge in [0.25, 0.3) is 0 Å². The second kappa shape index (κ2) is 9.29. The van der Waals surface area contributed by atoms with Crippen molar-refractivity contribution in [2.24, 2.45) is 0 Å². The number of nitrogens with one attached hydrogen (secondary N) is 1. The van der Waals surface area contributed by atoms with Gasteiger partial charge in [0.2, 0.25) is 11.7 Å². The van der Waals surface area contributed by atoms with E-state index >= 15 is 0 Å². The fourth-order valence-electron chi connectivity index (χ4n) is 2.61. The molecule has 0 saturated heterocycles. The van der Waals surface area contributed by atoms with Crippen LogP contribution in [0.4, 0.5) is 5.69 Å². The molecular weight excluding hydrogens is 444 g/mol. The van der Waals surface area contributed by atoms with Gasteiger partial charge in [0.15, 0.2) is 15.6 Å². The number of carbonyl (C=O) groups excluding carboxylic acids is 1. The summed E-state index contributed by atoms with van der Waals surface area (Å²) < 4.78 is 13.7. The zero-order valence-electron chi connectivity index (χ0n) is 15.8.